The Morgan fingerprint density at radius 3 is 1.78 bits per heavy atom. The highest BCUT2D eigenvalue weighted by atomic mass is 16.5. The van der Waals surface area contributed by atoms with Gasteiger partial charge in [0.2, 0.25) is 0 Å². The molecule has 0 saturated heterocycles. The van der Waals surface area contributed by atoms with Crippen molar-refractivity contribution in [3.8, 4) is 0 Å². The van der Waals surface area contributed by atoms with Crippen LogP contribution in [0.2, 0.25) is 0 Å². The maximum Gasteiger partial charge on any atom is 0.309 e. The summed E-state index contributed by atoms with van der Waals surface area (Å²) < 4.78 is 5.70. The van der Waals surface area contributed by atoms with Crippen molar-refractivity contribution < 1.29 is 9.53 Å². The number of benzene rings is 4. The fourth-order valence-electron chi connectivity index (χ4n) is 3.70. The van der Waals surface area contributed by atoms with E-state index < -0.39 is 0 Å². The average molecular weight is 356 g/mol. The van der Waals surface area contributed by atoms with Gasteiger partial charge < -0.3 is 4.74 Å². The summed E-state index contributed by atoms with van der Waals surface area (Å²) in [5.41, 5.74) is 1.03. The van der Waals surface area contributed by atoms with Gasteiger partial charge in [0.15, 0.2) is 0 Å². The van der Waals surface area contributed by atoms with Gasteiger partial charge in [-0.05, 0) is 57.3 Å². The zero-order chi connectivity index (χ0) is 19.0. The van der Waals surface area contributed by atoms with Crippen LogP contribution >= 0.6 is 0 Å². The minimum Gasteiger partial charge on any atom is -0.458 e. The van der Waals surface area contributed by atoms with Crippen LogP contribution in [0.4, 0.5) is 0 Å². The van der Waals surface area contributed by atoms with Gasteiger partial charge in [-0.2, -0.15) is 0 Å². The van der Waals surface area contributed by atoms with Gasteiger partial charge in [-0.15, -0.1) is 0 Å². The Hall–Kier alpha value is -2.87. The molecule has 0 saturated carbocycles. The maximum absolute atomic E-state index is 12.2. The van der Waals surface area contributed by atoms with Gasteiger partial charge in [0.05, 0.1) is 5.92 Å². The van der Waals surface area contributed by atoms with E-state index in [0.717, 1.165) is 12.0 Å². The quantitative estimate of drug-likeness (QED) is 0.297. The number of carbonyl (C=O) groups excluding carboxylic acids is 1. The summed E-state index contributed by atoms with van der Waals surface area (Å²) in [6.07, 6.45) is 0.529. The van der Waals surface area contributed by atoms with Gasteiger partial charge in [0.1, 0.15) is 6.10 Å². The van der Waals surface area contributed by atoms with Gasteiger partial charge in [-0.25, -0.2) is 0 Å². The lowest BCUT2D eigenvalue weighted by molar-refractivity contribution is -0.153. The standard InChI is InChI=1S/C25H24O2/c1-4-16(2)25(26)27-17(3)18-13-14-23-21-11-6-5-9-19(21)20-10-7-8-12-22(20)24(23)15-18/h5-17H,4H2,1-3H3. The zero-order valence-corrected chi connectivity index (χ0v) is 16.0. The van der Waals surface area contributed by atoms with Gasteiger partial charge in [-0.3, -0.25) is 4.79 Å². The highest BCUT2D eigenvalue weighted by Gasteiger charge is 2.18. The van der Waals surface area contributed by atoms with Gasteiger partial charge in [0.25, 0.3) is 0 Å². The average Bonchev–Trinajstić information content (AvgIpc) is 2.72. The van der Waals surface area contributed by atoms with Crippen molar-refractivity contribution in [3.05, 3.63) is 72.3 Å². The molecule has 2 nitrogen and oxygen atoms in total. The molecule has 0 fully saturated rings. The minimum atomic E-state index is -0.263. The molecule has 0 aromatic heterocycles. The Bertz CT molecular complexity index is 1110. The molecule has 27 heavy (non-hydrogen) atoms. The van der Waals surface area contributed by atoms with Crippen molar-refractivity contribution in [2.45, 2.75) is 33.3 Å². The molecular formula is C25H24O2. The van der Waals surface area contributed by atoms with E-state index >= 15 is 0 Å². The van der Waals surface area contributed by atoms with Crippen LogP contribution in [0.3, 0.4) is 0 Å². The molecule has 4 aromatic rings. The number of rotatable bonds is 4. The van der Waals surface area contributed by atoms with E-state index in [9.17, 15) is 4.79 Å². The number of hydrogen-bond acceptors (Lipinski definition) is 2. The molecule has 0 N–H and O–H groups in total. The topological polar surface area (TPSA) is 26.3 Å². The van der Waals surface area contributed by atoms with Crippen molar-refractivity contribution in [1.29, 1.82) is 0 Å². The zero-order valence-electron chi connectivity index (χ0n) is 16.0. The van der Waals surface area contributed by atoms with Crippen LogP contribution in [0.5, 0.6) is 0 Å². The molecule has 0 aliphatic heterocycles. The molecule has 4 rings (SSSR count). The van der Waals surface area contributed by atoms with Crippen LogP contribution < -0.4 is 0 Å². The molecule has 2 heteroatoms. The summed E-state index contributed by atoms with van der Waals surface area (Å²) >= 11 is 0. The minimum absolute atomic E-state index is 0.0716. The molecule has 0 spiro atoms. The Morgan fingerprint density at radius 2 is 1.26 bits per heavy atom. The van der Waals surface area contributed by atoms with Crippen molar-refractivity contribution in [2.24, 2.45) is 5.92 Å². The van der Waals surface area contributed by atoms with E-state index in [0.29, 0.717) is 0 Å². The maximum atomic E-state index is 12.2. The normalized spacial score (nSPS) is 13.7. The molecule has 0 aliphatic rings. The molecule has 0 amide bonds. The number of hydrogen-bond donors (Lipinski definition) is 0. The first-order chi connectivity index (χ1) is 13.1. The molecule has 2 unspecified atom stereocenters. The van der Waals surface area contributed by atoms with E-state index in [1.807, 2.05) is 20.8 Å². The first kappa shape index (κ1) is 17.5. The third-order valence-electron chi connectivity index (χ3n) is 5.55. The largest absolute Gasteiger partial charge is 0.458 e. The summed E-state index contributed by atoms with van der Waals surface area (Å²) in [6.45, 7) is 5.86. The van der Waals surface area contributed by atoms with Crippen LogP contribution in [0.1, 0.15) is 38.9 Å². The molecular weight excluding hydrogens is 332 g/mol. The van der Waals surface area contributed by atoms with Gasteiger partial charge in [-0.1, -0.05) is 74.5 Å². The number of ether oxygens (including phenoxy) is 1. The highest BCUT2D eigenvalue weighted by Crippen LogP contribution is 2.36. The second-order valence-electron chi connectivity index (χ2n) is 7.28. The van der Waals surface area contributed by atoms with Crippen molar-refractivity contribution in [3.63, 3.8) is 0 Å². The van der Waals surface area contributed by atoms with E-state index in [1.54, 1.807) is 0 Å². The number of esters is 1. The van der Waals surface area contributed by atoms with E-state index in [-0.39, 0.29) is 18.0 Å². The lowest BCUT2D eigenvalue weighted by Crippen LogP contribution is -2.16. The molecule has 136 valence electrons. The molecule has 0 aliphatic carbocycles. The number of carbonyl (C=O) groups is 1. The van der Waals surface area contributed by atoms with Gasteiger partial charge >= 0.3 is 5.97 Å². The molecule has 0 bridgehead atoms. The first-order valence-electron chi connectivity index (χ1n) is 9.63. The SMILES string of the molecule is CCC(C)C(=O)OC(C)c1ccc2c3ccccc3c3ccccc3c2c1. The first-order valence-corrected chi connectivity index (χ1v) is 9.63. The van der Waals surface area contributed by atoms with Crippen LogP contribution in [0.25, 0.3) is 32.3 Å². The molecule has 0 radical (unpaired) electrons. The summed E-state index contributed by atoms with van der Waals surface area (Å²) in [7, 11) is 0. The smallest absolute Gasteiger partial charge is 0.309 e. The third kappa shape index (κ3) is 3.06. The van der Waals surface area contributed by atoms with Crippen LogP contribution in [0.15, 0.2) is 66.7 Å². The van der Waals surface area contributed by atoms with Crippen LogP contribution in [-0.4, -0.2) is 5.97 Å². The summed E-state index contributed by atoms with van der Waals surface area (Å²) in [6, 6.07) is 23.5. The van der Waals surface area contributed by atoms with E-state index in [2.05, 4.69) is 66.7 Å². The predicted molar refractivity (Wildman–Crippen MR) is 113 cm³/mol. The third-order valence-corrected chi connectivity index (χ3v) is 5.55. The van der Waals surface area contributed by atoms with Crippen molar-refractivity contribution in [2.75, 3.05) is 0 Å². The van der Waals surface area contributed by atoms with Crippen LogP contribution in [0, 0.1) is 5.92 Å². The lowest BCUT2D eigenvalue weighted by atomic mass is 9.92. The van der Waals surface area contributed by atoms with Crippen molar-refractivity contribution >= 4 is 38.3 Å². The Kier molecular flexibility index (Phi) is 4.57. The summed E-state index contributed by atoms with van der Waals surface area (Å²) in [4.78, 5) is 12.2. The molecule has 0 heterocycles. The van der Waals surface area contributed by atoms with Crippen molar-refractivity contribution in [1.82, 2.24) is 0 Å². The molecule has 2 atom stereocenters. The van der Waals surface area contributed by atoms with Crippen LogP contribution in [-0.2, 0) is 9.53 Å². The van der Waals surface area contributed by atoms with E-state index in [4.69, 9.17) is 4.74 Å². The Morgan fingerprint density at radius 1 is 0.778 bits per heavy atom. The fourth-order valence-corrected chi connectivity index (χ4v) is 3.70. The fraction of sp³-hybridized carbons (Fsp3) is 0.240. The monoisotopic (exact) mass is 356 g/mol. The number of fused-ring (bicyclic) bond motifs is 6. The second kappa shape index (κ2) is 7.03. The van der Waals surface area contributed by atoms with Gasteiger partial charge in [0, 0.05) is 0 Å². The Balaban J connectivity index is 1.88. The predicted octanol–water partition coefficient (Wildman–Crippen LogP) is 6.80. The van der Waals surface area contributed by atoms with E-state index in [1.165, 1.54) is 32.3 Å². The Labute approximate surface area is 159 Å². The highest BCUT2D eigenvalue weighted by molar-refractivity contribution is 6.25. The lowest BCUT2D eigenvalue weighted by Gasteiger charge is -2.18. The molecule has 4 aromatic carbocycles. The summed E-state index contributed by atoms with van der Waals surface area (Å²) in [5, 5.41) is 7.43. The summed E-state index contributed by atoms with van der Waals surface area (Å²) in [5.74, 6) is -0.203. The second-order valence-corrected chi connectivity index (χ2v) is 7.28.